The molecule has 49 heavy (non-hydrogen) atoms. The van der Waals surface area contributed by atoms with Crippen LogP contribution >= 0.6 is 0 Å². The van der Waals surface area contributed by atoms with Crippen molar-refractivity contribution < 1.29 is 50.6 Å². The molecule has 0 aliphatic heterocycles. The van der Waals surface area contributed by atoms with Crippen LogP contribution in [0.3, 0.4) is 0 Å². The van der Waals surface area contributed by atoms with E-state index in [2.05, 4.69) is 20.9 Å². The van der Waals surface area contributed by atoms with Gasteiger partial charge in [0.2, 0.25) is 5.91 Å². The number of anilines is 2. The summed E-state index contributed by atoms with van der Waals surface area (Å²) in [5, 5.41) is 23.0. The summed E-state index contributed by atoms with van der Waals surface area (Å²) in [4.78, 5) is 50.9. The van der Waals surface area contributed by atoms with Crippen LogP contribution in [0.2, 0.25) is 0 Å². The number of alkyl halides is 6. The summed E-state index contributed by atoms with van der Waals surface area (Å²) in [6, 6.07) is 9.14. The van der Waals surface area contributed by atoms with Crippen molar-refractivity contribution >= 4 is 35.3 Å². The smallest absolute Gasteiger partial charge is 0.475 e. The SMILES string of the molecule is CC(C)Nc1ncc(-c2cc(N)cc(C(F)(F)F)c2)n(CC(=O)NCc2ccc(C(=N)NC(=O)OC(C)C)cc2)c1=O.O=C(O)C(F)(F)F. The Labute approximate surface area is 275 Å². The lowest BCUT2D eigenvalue weighted by Gasteiger charge is -2.17. The van der Waals surface area contributed by atoms with Crippen LogP contribution in [0.25, 0.3) is 11.3 Å². The van der Waals surface area contributed by atoms with Crippen LogP contribution in [0.5, 0.6) is 0 Å². The number of alkyl carbamates (subject to hydrolysis) is 1. The molecule has 0 atom stereocenters. The van der Waals surface area contributed by atoms with E-state index >= 15 is 0 Å². The molecule has 0 saturated heterocycles. The average molecular weight is 702 g/mol. The van der Waals surface area contributed by atoms with E-state index in [1.54, 1.807) is 52.0 Å². The van der Waals surface area contributed by atoms with Crippen molar-refractivity contribution in [1.29, 1.82) is 5.41 Å². The van der Waals surface area contributed by atoms with Gasteiger partial charge in [0, 0.05) is 29.4 Å². The van der Waals surface area contributed by atoms with E-state index in [1.807, 2.05) is 0 Å². The van der Waals surface area contributed by atoms with Gasteiger partial charge in [-0.3, -0.25) is 24.9 Å². The van der Waals surface area contributed by atoms with Gasteiger partial charge in [0.1, 0.15) is 12.4 Å². The van der Waals surface area contributed by atoms with Crippen LogP contribution in [0.4, 0.5) is 42.6 Å². The lowest BCUT2D eigenvalue weighted by molar-refractivity contribution is -0.192. The van der Waals surface area contributed by atoms with E-state index in [0.717, 1.165) is 16.7 Å². The Balaban J connectivity index is 0.00000107. The molecule has 0 bridgehead atoms. The number of benzene rings is 2. The molecule has 3 aromatic rings. The van der Waals surface area contributed by atoms with Crippen molar-refractivity contribution in [2.75, 3.05) is 11.1 Å². The summed E-state index contributed by atoms with van der Waals surface area (Å²) < 4.78 is 78.1. The zero-order chi connectivity index (χ0) is 37.3. The summed E-state index contributed by atoms with van der Waals surface area (Å²) >= 11 is 0. The lowest BCUT2D eigenvalue weighted by atomic mass is 10.1. The Morgan fingerprint density at radius 3 is 2.12 bits per heavy atom. The Kier molecular flexibility index (Phi) is 13.3. The minimum absolute atomic E-state index is 0.0198. The molecule has 1 aromatic heterocycles. The van der Waals surface area contributed by atoms with Gasteiger partial charge in [-0.15, -0.1) is 0 Å². The normalized spacial score (nSPS) is 11.3. The van der Waals surface area contributed by atoms with Gasteiger partial charge < -0.3 is 26.2 Å². The van der Waals surface area contributed by atoms with Crippen LogP contribution in [0.15, 0.2) is 53.5 Å². The number of aromatic nitrogens is 2. The van der Waals surface area contributed by atoms with E-state index in [1.165, 1.54) is 12.3 Å². The molecule has 0 aliphatic carbocycles. The Morgan fingerprint density at radius 2 is 1.61 bits per heavy atom. The Morgan fingerprint density at radius 1 is 1.02 bits per heavy atom. The second-order valence-electron chi connectivity index (χ2n) is 10.8. The summed E-state index contributed by atoms with van der Waals surface area (Å²) in [6.45, 7) is 6.46. The number of rotatable bonds is 9. The van der Waals surface area contributed by atoms with Crippen LogP contribution in [0.1, 0.15) is 44.4 Å². The predicted molar refractivity (Wildman–Crippen MR) is 166 cm³/mol. The number of carboxylic acid groups (broad SMARTS) is 1. The first-order chi connectivity index (χ1) is 22.6. The largest absolute Gasteiger partial charge is 0.490 e. The van der Waals surface area contributed by atoms with E-state index in [4.69, 9.17) is 25.8 Å². The molecule has 3 rings (SSSR count). The number of nitrogens with zero attached hydrogens (tertiary/aromatic N) is 2. The molecule has 0 unspecified atom stereocenters. The maximum Gasteiger partial charge on any atom is 0.490 e. The number of nitrogen functional groups attached to an aromatic ring is 1. The first-order valence-corrected chi connectivity index (χ1v) is 14.1. The number of carbonyl (C=O) groups excluding carboxylic acids is 2. The number of amidine groups is 1. The number of ether oxygens (including phenoxy) is 1. The van der Waals surface area contributed by atoms with Crippen LogP contribution < -0.4 is 27.2 Å². The number of nitrogens with two attached hydrogens (primary N) is 1. The third kappa shape index (κ3) is 12.5. The van der Waals surface area contributed by atoms with Crippen LogP contribution in [-0.4, -0.2) is 56.8 Å². The van der Waals surface area contributed by atoms with Gasteiger partial charge in [-0.05, 0) is 51.5 Å². The van der Waals surface area contributed by atoms with Gasteiger partial charge in [-0.25, -0.2) is 14.6 Å². The number of carbonyl (C=O) groups is 3. The lowest BCUT2D eigenvalue weighted by Crippen LogP contribution is -2.35. The molecule has 0 fully saturated rings. The third-order valence-electron chi connectivity index (χ3n) is 5.90. The van der Waals surface area contributed by atoms with Gasteiger partial charge >= 0.3 is 24.4 Å². The van der Waals surface area contributed by atoms with Gasteiger partial charge in [-0.2, -0.15) is 26.3 Å². The van der Waals surface area contributed by atoms with Crippen molar-refractivity contribution in [1.82, 2.24) is 20.2 Å². The van der Waals surface area contributed by atoms with Crippen LogP contribution in [-0.2, 0) is 33.6 Å². The highest BCUT2D eigenvalue weighted by atomic mass is 19.4. The zero-order valence-corrected chi connectivity index (χ0v) is 26.4. The quantitative estimate of drug-likeness (QED) is 0.0789. The van der Waals surface area contributed by atoms with E-state index in [9.17, 15) is 40.7 Å². The summed E-state index contributed by atoms with van der Waals surface area (Å²) in [5.74, 6) is -3.57. The number of halogens is 6. The number of hydrogen-bond acceptors (Lipinski definition) is 9. The predicted octanol–water partition coefficient (Wildman–Crippen LogP) is 4.74. The highest BCUT2D eigenvalue weighted by Gasteiger charge is 2.38. The molecule has 2 amide bonds. The fourth-order valence-corrected chi connectivity index (χ4v) is 3.82. The van der Waals surface area contributed by atoms with Crippen molar-refractivity contribution in [2.45, 2.75) is 65.3 Å². The van der Waals surface area contributed by atoms with Gasteiger partial charge in [-0.1, -0.05) is 24.3 Å². The van der Waals surface area contributed by atoms with Crippen molar-refractivity contribution in [3.8, 4) is 11.3 Å². The maximum atomic E-state index is 13.4. The van der Waals surface area contributed by atoms with E-state index < -0.39 is 48.0 Å². The highest BCUT2D eigenvalue weighted by Crippen LogP contribution is 2.34. The Bertz CT molecular complexity index is 1720. The zero-order valence-electron chi connectivity index (χ0n) is 26.4. The van der Waals surface area contributed by atoms with Crippen molar-refractivity contribution in [3.63, 3.8) is 0 Å². The van der Waals surface area contributed by atoms with E-state index in [-0.39, 0.29) is 47.3 Å². The van der Waals surface area contributed by atoms with Crippen molar-refractivity contribution in [2.24, 2.45) is 0 Å². The molecule has 7 N–H and O–H groups in total. The second-order valence-corrected chi connectivity index (χ2v) is 10.8. The van der Waals surface area contributed by atoms with Gasteiger partial charge in [0.25, 0.3) is 5.56 Å². The number of carboxylic acids is 1. The number of aliphatic carboxylic acids is 1. The van der Waals surface area contributed by atoms with E-state index in [0.29, 0.717) is 11.1 Å². The molecular weight excluding hydrogens is 668 g/mol. The Hall–Kier alpha value is -5.62. The molecule has 13 nitrogen and oxygen atoms in total. The minimum Gasteiger partial charge on any atom is -0.475 e. The van der Waals surface area contributed by atoms with Crippen molar-refractivity contribution in [3.05, 3.63) is 75.7 Å². The van der Waals surface area contributed by atoms with Gasteiger partial charge in [0.05, 0.1) is 23.6 Å². The molecule has 0 spiro atoms. The fraction of sp³-hybridized carbons (Fsp3) is 0.333. The molecular formula is C30H33F6N7O6. The molecule has 1 heterocycles. The monoisotopic (exact) mass is 701 g/mol. The van der Waals surface area contributed by atoms with Gasteiger partial charge in [0.15, 0.2) is 5.82 Å². The number of amides is 2. The summed E-state index contributed by atoms with van der Waals surface area (Å²) in [7, 11) is 0. The second kappa shape index (κ2) is 16.5. The number of hydrogen-bond donors (Lipinski definition) is 6. The van der Waals surface area contributed by atoms with Crippen LogP contribution in [0, 0.1) is 5.41 Å². The topological polar surface area (TPSA) is 202 Å². The average Bonchev–Trinajstić information content (AvgIpc) is 2.96. The standard InChI is InChI=1S/C28H32F3N7O4.C2HF3O2/c1-15(2)36-25-26(40)38(22(13-35-25)19-9-20(28(29,30)31)11-21(32)10-19)14-23(39)34-12-17-5-7-18(8-6-17)24(33)37-27(41)42-16(3)4;3-2(4,5)1(6)7/h5-11,13,15-16H,12,14,32H2,1-4H3,(H,34,39)(H,35,36)(H2,33,37,41);(H,6,7). The highest BCUT2D eigenvalue weighted by molar-refractivity contribution is 6.04. The first kappa shape index (κ1) is 39.6. The maximum absolute atomic E-state index is 13.4. The molecule has 266 valence electrons. The summed E-state index contributed by atoms with van der Waals surface area (Å²) in [6.07, 6.45) is -9.64. The molecule has 0 saturated carbocycles. The molecule has 2 aromatic carbocycles. The first-order valence-electron chi connectivity index (χ1n) is 14.1. The number of nitrogens with one attached hydrogen (secondary N) is 4. The minimum atomic E-state index is -5.08. The summed E-state index contributed by atoms with van der Waals surface area (Å²) in [5.41, 5.74) is 4.86. The molecule has 0 aliphatic rings. The fourth-order valence-electron chi connectivity index (χ4n) is 3.82. The molecule has 19 heteroatoms. The third-order valence-corrected chi connectivity index (χ3v) is 5.90. The molecule has 0 radical (unpaired) electrons.